The summed E-state index contributed by atoms with van der Waals surface area (Å²) in [6.45, 7) is 0. The zero-order chi connectivity index (χ0) is 9.84. The minimum absolute atomic E-state index is 0.0241. The molecule has 0 aromatic carbocycles. The Morgan fingerprint density at radius 1 is 1.77 bits per heavy atom. The number of hydrogen-bond acceptors (Lipinski definition) is 3. The minimum atomic E-state index is -1.14. The first-order chi connectivity index (χ1) is 6.11. The molecule has 0 saturated heterocycles. The Kier molecular flexibility index (Phi) is 2.92. The Morgan fingerprint density at radius 2 is 2.46 bits per heavy atom. The standard InChI is InChI=1S/C8H9FN2O2/c9-6-4-11-2-1-5(6)3-7(10)8(12)13/h1-2,4,7H,3,10H2,(H,12,13)/t7-/m0/s1. The summed E-state index contributed by atoms with van der Waals surface area (Å²) in [4.78, 5) is 13.9. The summed E-state index contributed by atoms with van der Waals surface area (Å²) in [6, 6.07) is 0.342. The van der Waals surface area contributed by atoms with Gasteiger partial charge in [0.1, 0.15) is 11.9 Å². The highest BCUT2D eigenvalue weighted by molar-refractivity contribution is 5.73. The average Bonchev–Trinajstić information content (AvgIpc) is 2.08. The van der Waals surface area contributed by atoms with Crippen molar-refractivity contribution in [3.05, 3.63) is 29.8 Å². The first-order valence-corrected chi connectivity index (χ1v) is 3.68. The van der Waals surface area contributed by atoms with Crippen LogP contribution in [0.25, 0.3) is 0 Å². The van der Waals surface area contributed by atoms with Gasteiger partial charge >= 0.3 is 5.97 Å². The van der Waals surface area contributed by atoms with E-state index >= 15 is 0 Å². The lowest BCUT2D eigenvalue weighted by Crippen LogP contribution is -2.32. The zero-order valence-corrected chi connectivity index (χ0v) is 6.77. The molecule has 0 saturated carbocycles. The van der Waals surface area contributed by atoms with Gasteiger partial charge in [0.15, 0.2) is 0 Å². The van der Waals surface area contributed by atoms with Gasteiger partial charge < -0.3 is 10.8 Å². The Morgan fingerprint density at radius 3 is 3.00 bits per heavy atom. The van der Waals surface area contributed by atoms with Crippen molar-refractivity contribution in [2.24, 2.45) is 5.73 Å². The number of halogens is 1. The molecular weight excluding hydrogens is 175 g/mol. The highest BCUT2D eigenvalue weighted by Crippen LogP contribution is 2.06. The number of nitrogens with two attached hydrogens (primary N) is 1. The van der Waals surface area contributed by atoms with Crippen LogP contribution in [0.4, 0.5) is 4.39 Å². The van der Waals surface area contributed by atoms with Crippen molar-refractivity contribution < 1.29 is 14.3 Å². The second kappa shape index (κ2) is 3.95. The fourth-order valence-electron chi connectivity index (χ4n) is 0.894. The molecule has 0 aliphatic carbocycles. The van der Waals surface area contributed by atoms with Gasteiger partial charge in [0.05, 0.1) is 6.20 Å². The smallest absolute Gasteiger partial charge is 0.320 e. The monoisotopic (exact) mass is 184 g/mol. The molecule has 0 amide bonds. The van der Waals surface area contributed by atoms with Crippen LogP contribution in [0.1, 0.15) is 5.56 Å². The number of rotatable bonds is 3. The second-order valence-corrected chi connectivity index (χ2v) is 2.62. The fraction of sp³-hybridized carbons (Fsp3) is 0.250. The van der Waals surface area contributed by atoms with E-state index in [-0.39, 0.29) is 12.0 Å². The molecule has 1 rings (SSSR count). The molecule has 0 unspecified atom stereocenters. The van der Waals surface area contributed by atoms with Crippen molar-refractivity contribution in [2.75, 3.05) is 0 Å². The topological polar surface area (TPSA) is 76.2 Å². The number of hydrogen-bond donors (Lipinski definition) is 2. The third-order valence-corrected chi connectivity index (χ3v) is 1.61. The van der Waals surface area contributed by atoms with E-state index in [1.807, 2.05) is 0 Å². The SMILES string of the molecule is N[C@@H](Cc1ccncc1F)C(=O)O. The Balaban J connectivity index is 2.74. The van der Waals surface area contributed by atoms with Gasteiger partial charge in [-0.2, -0.15) is 0 Å². The van der Waals surface area contributed by atoms with Crippen LogP contribution in [0.2, 0.25) is 0 Å². The summed E-state index contributed by atoms with van der Waals surface area (Å²) in [5.41, 5.74) is 5.50. The van der Waals surface area contributed by atoms with Gasteiger partial charge in [-0.3, -0.25) is 9.78 Å². The lowest BCUT2D eigenvalue weighted by atomic mass is 10.1. The fourth-order valence-corrected chi connectivity index (χ4v) is 0.894. The highest BCUT2D eigenvalue weighted by Gasteiger charge is 2.14. The number of pyridine rings is 1. The second-order valence-electron chi connectivity index (χ2n) is 2.62. The van der Waals surface area contributed by atoms with Gasteiger partial charge in [0, 0.05) is 12.6 Å². The summed E-state index contributed by atoms with van der Waals surface area (Å²) in [7, 11) is 0. The van der Waals surface area contributed by atoms with E-state index in [2.05, 4.69) is 4.98 Å². The number of aliphatic carboxylic acids is 1. The quantitative estimate of drug-likeness (QED) is 0.702. The summed E-state index contributed by atoms with van der Waals surface area (Å²) in [5.74, 6) is -1.67. The lowest BCUT2D eigenvalue weighted by Gasteiger charge is -2.06. The molecule has 0 radical (unpaired) electrons. The summed E-state index contributed by atoms with van der Waals surface area (Å²) in [6.07, 6.45) is 2.40. The van der Waals surface area contributed by atoms with E-state index < -0.39 is 17.8 Å². The number of carboxylic acids is 1. The molecule has 3 N–H and O–H groups in total. The van der Waals surface area contributed by atoms with Crippen molar-refractivity contribution in [3.8, 4) is 0 Å². The predicted molar refractivity (Wildman–Crippen MR) is 43.5 cm³/mol. The van der Waals surface area contributed by atoms with E-state index in [4.69, 9.17) is 10.8 Å². The van der Waals surface area contributed by atoms with Crippen molar-refractivity contribution >= 4 is 5.97 Å². The molecule has 0 aliphatic heterocycles. The maximum absolute atomic E-state index is 12.9. The molecule has 1 atom stereocenters. The van der Waals surface area contributed by atoms with E-state index in [0.29, 0.717) is 0 Å². The van der Waals surface area contributed by atoms with Gasteiger partial charge in [-0.15, -0.1) is 0 Å². The van der Waals surface area contributed by atoms with Crippen LogP contribution in [0, 0.1) is 5.82 Å². The normalized spacial score (nSPS) is 12.5. The molecule has 1 aromatic heterocycles. The Bertz CT molecular complexity index is 317. The van der Waals surface area contributed by atoms with Gasteiger partial charge in [-0.05, 0) is 11.6 Å². The molecule has 0 bridgehead atoms. The predicted octanol–water partition coefficient (Wildman–Crippen LogP) is 0.175. The van der Waals surface area contributed by atoms with Gasteiger partial charge in [0.2, 0.25) is 0 Å². The van der Waals surface area contributed by atoms with E-state index in [9.17, 15) is 9.18 Å². The van der Waals surface area contributed by atoms with Gasteiger partial charge in [-0.25, -0.2) is 4.39 Å². The van der Waals surface area contributed by atoms with Crippen molar-refractivity contribution in [3.63, 3.8) is 0 Å². The third kappa shape index (κ3) is 2.48. The van der Waals surface area contributed by atoms with Crippen molar-refractivity contribution in [2.45, 2.75) is 12.5 Å². The molecule has 0 spiro atoms. The zero-order valence-electron chi connectivity index (χ0n) is 6.77. The highest BCUT2D eigenvalue weighted by atomic mass is 19.1. The number of nitrogens with zero attached hydrogens (tertiary/aromatic N) is 1. The summed E-state index contributed by atoms with van der Waals surface area (Å²) in [5, 5.41) is 8.47. The maximum Gasteiger partial charge on any atom is 0.320 e. The van der Waals surface area contributed by atoms with Crippen molar-refractivity contribution in [1.29, 1.82) is 0 Å². The molecule has 70 valence electrons. The van der Waals surface area contributed by atoms with Gasteiger partial charge in [0.25, 0.3) is 0 Å². The molecule has 1 heterocycles. The van der Waals surface area contributed by atoms with E-state index in [1.165, 1.54) is 12.3 Å². The molecular formula is C8H9FN2O2. The first kappa shape index (κ1) is 9.60. The number of carbonyl (C=O) groups is 1. The lowest BCUT2D eigenvalue weighted by molar-refractivity contribution is -0.138. The summed E-state index contributed by atoms with van der Waals surface area (Å²) < 4.78 is 12.9. The maximum atomic E-state index is 12.9. The Labute approximate surface area is 74.2 Å². The van der Waals surface area contributed by atoms with E-state index in [1.54, 1.807) is 0 Å². The molecule has 1 aromatic rings. The van der Waals surface area contributed by atoms with Crippen LogP contribution < -0.4 is 5.73 Å². The van der Waals surface area contributed by atoms with Crippen LogP contribution in [0.3, 0.4) is 0 Å². The van der Waals surface area contributed by atoms with Crippen LogP contribution in [0.15, 0.2) is 18.5 Å². The van der Waals surface area contributed by atoms with Crippen molar-refractivity contribution in [1.82, 2.24) is 4.98 Å². The minimum Gasteiger partial charge on any atom is -0.480 e. The molecule has 5 heteroatoms. The number of carboxylic acid groups (broad SMARTS) is 1. The first-order valence-electron chi connectivity index (χ1n) is 3.68. The molecule has 0 aliphatic rings. The van der Waals surface area contributed by atoms with E-state index in [0.717, 1.165) is 6.20 Å². The molecule has 13 heavy (non-hydrogen) atoms. The molecule has 0 fully saturated rings. The summed E-state index contributed by atoms with van der Waals surface area (Å²) >= 11 is 0. The average molecular weight is 184 g/mol. The largest absolute Gasteiger partial charge is 0.480 e. The van der Waals surface area contributed by atoms with Crippen LogP contribution in [0.5, 0.6) is 0 Å². The molecule has 4 nitrogen and oxygen atoms in total. The number of aromatic nitrogens is 1. The Hall–Kier alpha value is -1.49. The van der Waals surface area contributed by atoms with Crippen LogP contribution >= 0.6 is 0 Å². The van der Waals surface area contributed by atoms with Crippen LogP contribution in [-0.4, -0.2) is 22.1 Å². The van der Waals surface area contributed by atoms with Crippen LogP contribution in [-0.2, 0) is 11.2 Å². The third-order valence-electron chi connectivity index (χ3n) is 1.61. The van der Waals surface area contributed by atoms with Gasteiger partial charge in [-0.1, -0.05) is 0 Å².